The Morgan fingerprint density at radius 1 is 1.12 bits per heavy atom. The first-order valence-electron chi connectivity index (χ1n) is 11.4. The van der Waals surface area contributed by atoms with Gasteiger partial charge in [-0.2, -0.15) is 15.6 Å². The van der Waals surface area contributed by atoms with Crippen LogP contribution in [0, 0.1) is 0 Å². The molecule has 1 saturated heterocycles. The van der Waals surface area contributed by atoms with Crippen LogP contribution in [-0.4, -0.2) is 57.3 Å². The number of carbonyl (C=O) groups excluding carboxylic acids is 2. The molecular formula is C23H32N4O4S2. The van der Waals surface area contributed by atoms with Crippen LogP contribution >= 0.6 is 11.3 Å². The molecule has 10 heteroatoms. The Kier molecular flexibility index (Phi) is 8.87. The Hall–Kier alpha value is -2.43. The minimum absolute atomic E-state index is 0.151. The molecule has 2 amide bonds. The van der Waals surface area contributed by atoms with E-state index in [2.05, 4.69) is 15.5 Å². The monoisotopic (exact) mass is 492 g/mol. The topological polar surface area (TPSA) is 98.8 Å². The minimum Gasteiger partial charge on any atom is -0.370 e. The molecule has 0 bridgehead atoms. The first kappa shape index (κ1) is 25.2. The lowest BCUT2D eigenvalue weighted by Gasteiger charge is -2.24. The Balaban J connectivity index is 1.68. The number of rotatable bonds is 11. The van der Waals surface area contributed by atoms with E-state index in [-0.39, 0.29) is 23.1 Å². The molecule has 0 saturated carbocycles. The third kappa shape index (κ3) is 6.33. The van der Waals surface area contributed by atoms with E-state index in [1.807, 2.05) is 5.38 Å². The molecule has 8 nitrogen and oxygen atoms in total. The highest BCUT2D eigenvalue weighted by Gasteiger charge is 2.25. The molecule has 33 heavy (non-hydrogen) atoms. The third-order valence-electron chi connectivity index (χ3n) is 5.68. The maximum absolute atomic E-state index is 13.0. The van der Waals surface area contributed by atoms with Gasteiger partial charge in [0.05, 0.1) is 16.3 Å². The summed E-state index contributed by atoms with van der Waals surface area (Å²) in [7, 11) is -3.63. The van der Waals surface area contributed by atoms with Gasteiger partial charge in [-0.3, -0.25) is 9.59 Å². The molecule has 1 aromatic carbocycles. The van der Waals surface area contributed by atoms with E-state index in [1.165, 1.54) is 15.6 Å². The van der Waals surface area contributed by atoms with E-state index >= 15 is 0 Å². The average molecular weight is 493 g/mol. The number of sulfonamides is 1. The molecule has 0 spiro atoms. The second-order valence-corrected chi connectivity index (χ2v) is 10.6. The van der Waals surface area contributed by atoms with Crippen molar-refractivity contribution < 1.29 is 18.0 Å². The zero-order valence-electron chi connectivity index (χ0n) is 19.2. The second kappa shape index (κ2) is 11.6. The van der Waals surface area contributed by atoms with Crippen molar-refractivity contribution in [2.45, 2.75) is 44.4 Å². The van der Waals surface area contributed by atoms with E-state index in [9.17, 15) is 18.0 Å². The van der Waals surface area contributed by atoms with Gasteiger partial charge < -0.3 is 15.5 Å². The summed E-state index contributed by atoms with van der Waals surface area (Å²) < 4.78 is 27.4. The van der Waals surface area contributed by atoms with Gasteiger partial charge in [0.2, 0.25) is 15.9 Å². The predicted molar refractivity (Wildman–Crippen MR) is 133 cm³/mol. The maximum atomic E-state index is 13.0. The third-order valence-corrected chi connectivity index (χ3v) is 8.41. The number of nitrogens with one attached hydrogen (secondary N) is 2. The Bertz CT molecular complexity index is 1040. The number of amides is 2. The van der Waals surface area contributed by atoms with Crippen LogP contribution in [0.1, 0.15) is 49.9 Å². The molecule has 0 atom stereocenters. The summed E-state index contributed by atoms with van der Waals surface area (Å²) >= 11 is 1.46. The summed E-state index contributed by atoms with van der Waals surface area (Å²) in [4.78, 5) is 27.0. The molecule has 1 fully saturated rings. The SMILES string of the molecule is CCN(CC)S(=O)(=O)c1ccc(N2CCCC2)c(NC(=O)CCCNC(=O)c2ccsc2)c1. The fourth-order valence-corrected chi connectivity index (χ4v) is 6.00. The van der Waals surface area contributed by atoms with Crippen LogP contribution in [0.3, 0.4) is 0 Å². The summed E-state index contributed by atoms with van der Waals surface area (Å²) in [5.74, 6) is -0.361. The van der Waals surface area contributed by atoms with Crippen molar-refractivity contribution in [2.75, 3.05) is 42.9 Å². The highest BCUT2D eigenvalue weighted by atomic mass is 32.2. The van der Waals surface area contributed by atoms with E-state index in [0.717, 1.165) is 31.6 Å². The van der Waals surface area contributed by atoms with Gasteiger partial charge in [0, 0.05) is 50.1 Å². The molecule has 2 heterocycles. The predicted octanol–water partition coefficient (Wildman–Crippen LogP) is 3.53. The molecular weight excluding hydrogens is 460 g/mol. The van der Waals surface area contributed by atoms with Crippen molar-refractivity contribution in [1.29, 1.82) is 0 Å². The number of nitrogens with zero attached hydrogens (tertiary/aromatic N) is 2. The lowest BCUT2D eigenvalue weighted by molar-refractivity contribution is -0.116. The van der Waals surface area contributed by atoms with Crippen LogP contribution in [0.15, 0.2) is 39.9 Å². The first-order chi connectivity index (χ1) is 15.9. The summed E-state index contributed by atoms with van der Waals surface area (Å²) in [6.45, 7) is 6.51. The van der Waals surface area contributed by atoms with Crippen molar-refractivity contribution in [3.8, 4) is 0 Å². The van der Waals surface area contributed by atoms with Gasteiger partial charge in [0.1, 0.15) is 0 Å². The molecule has 0 aliphatic carbocycles. The summed E-state index contributed by atoms with van der Waals surface area (Å²) in [5.41, 5.74) is 1.97. The van der Waals surface area contributed by atoms with Crippen LogP contribution in [0.4, 0.5) is 11.4 Å². The number of carbonyl (C=O) groups is 2. The van der Waals surface area contributed by atoms with Crippen molar-refractivity contribution >= 4 is 44.5 Å². The van der Waals surface area contributed by atoms with Gasteiger partial charge in [-0.15, -0.1) is 0 Å². The normalized spacial score (nSPS) is 14.0. The number of benzene rings is 1. The van der Waals surface area contributed by atoms with Gasteiger partial charge in [0.15, 0.2) is 0 Å². The summed E-state index contributed by atoms with van der Waals surface area (Å²) in [5, 5.41) is 9.35. The van der Waals surface area contributed by atoms with E-state index in [0.29, 0.717) is 37.3 Å². The second-order valence-electron chi connectivity index (χ2n) is 7.88. The van der Waals surface area contributed by atoms with E-state index in [1.54, 1.807) is 43.5 Å². The van der Waals surface area contributed by atoms with Gasteiger partial charge in [-0.05, 0) is 48.9 Å². The van der Waals surface area contributed by atoms with E-state index in [4.69, 9.17) is 0 Å². The molecule has 1 aliphatic heterocycles. The van der Waals surface area contributed by atoms with Gasteiger partial charge in [-0.25, -0.2) is 8.42 Å². The zero-order valence-corrected chi connectivity index (χ0v) is 20.8. The van der Waals surface area contributed by atoms with Crippen LogP contribution in [0.2, 0.25) is 0 Å². The maximum Gasteiger partial charge on any atom is 0.252 e. The average Bonchev–Trinajstić information content (AvgIpc) is 3.52. The summed E-state index contributed by atoms with van der Waals surface area (Å²) in [6, 6.07) is 6.73. The highest BCUT2D eigenvalue weighted by Crippen LogP contribution is 2.32. The highest BCUT2D eigenvalue weighted by molar-refractivity contribution is 7.89. The van der Waals surface area contributed by atoms with Crippen molar-refractivity contribution in [3.05, 3.63) is 40.6 Å². The molecule has 180 valence electrons. The fourth-order valence-electron chi connectivity index (χ4n) is 3.88. The molecule has 3 rings (SSSR count). The van der Waals surface area contributed by atoms with Crippen molar-refractivity contribution in [1.82, 2.24) is 9.62 Å². The van der Waals surface area contributed by atoms with Gasteiger partial charge in [0.25, 0.3) is 5.91 Å². The summed E-state index contributed by atoms with van der Waals surface area (Å²) in [6.07, 6.45) is 2.84. The smallest absolute Gasteiger partial charge is 0.252 e. The zero-order chi connectivity index (χ0) is 23.8. The standard InChI is InChI=1S/C23H32N4O4S2/c1-3-27(4-2)33(30,31)19-9-10-21(26-13-5-6-14-26)20(16-19)25-22(28)8-7-12-24-23(29)18-11-15-32-17-18/h9-11,15-17H,3-8,12-14H2,1-2H3,(H,24,29)(H,25,28). The van der Waals surface area contributed by atoms with Crippen molar-refractivity contribution in [3.63, 3.8) is 0 Å². The Morgan fingerprint density at radius 3 is 2.48 bits per heavy atom. The lowest BCUT2D eigenvalue weighted by Crippen LogP contribution is -2.31. The van der Waals surface area contributed by atoms with Crippen LogP contribution in [0.5, 0.6) is 0 Å². The molecule has 2 aromatic rings. The molecule has 2 N–H and O–H groups in total. The minimum atomic E-state index is -3.63. The number of hydrogen-bond acceptors (Lipinski definition) is 6. The van der Waals surface area contributed by atoms with E-state index < -0.39 is 10.0 Å². The Morgan fingerprint density at radius 2 is 1.85 bits per heavy atom. The van der Waals surface area contributed by atoms with Crippen molar-refractivity contribution in [2.24, 2.45) is 0 Å². The quantitative estimate of drug-likeness (QED) is 0.468. The van der Waals surface area contributed by atoms with Crippen LogP contribution in [-0.2, 0) is 14.8 Å². The first-order valence-corrected chi connectivity index (χ1v) is 13.7. The number of anilines is 2. The molecule has 1 aromatic heterocycles. The molecule has 1 aliphatic rings. The van der Waals surface area contributed by atoms with Crippen LogP contribution in [0.25, 0.3) is 0 Å². The van der Waals surface area contributed by atoms with Gasteiger partial charge >= 0.3 is 0 Å². The fraction of sp³-hybridized carbons (Fsp3) is 0.478. The molecule has 0 radical (unpaired) electrons. The van der Waals surface area contributed by atoms with Crippen LogP contribution < -0.4 is 15.5 Å². The molecule has 0 unspecified atom stereocenters. The largest absolute Gasteiger partial charge is 0.370 e. The number of thiophene rings is 1. The van der Waals surface area contributed by atoms with Gasteiger partial charge in [-0.1, -0.05) is 13.8 Å². The lowest BCUT2D eigenvalue weighted by atomic mass is 10.2. The Labute approximate surface area is 200 Å². The number of hydrogen-bond donors (Lipinski definition) is 2.